The SMILES string of the molecule is C[C@@H](NC(=O)c1nc(-c2ccc(Cl)cn2)[nH]c(=O)c1O)C1CCCCC1. The normalized spacial score (nSPS) is 16.2. The van der Waals surface area contributed by atoms with Crippen LogP contribution in [0.15, 0.2) is 23.1 Å². The number of carbonyl (C=O) groups is 1. The van der Waals surface area contributed by atoms with E-state index >= 15 is 0 Å². The smallest absolute Gasteiger partial charge is 0.294 e. The molecule has 2 heterocycles. The van der Waals surface area contributed by atoms with Crippen LogP contribution >= 0.6 is 11.6 Å². The van der Waals surface area contributed by atoms with Crippen molar-refractivity contribution in [2.75, 3.05) is 0 Å². The molecule has 2 aromatic heterocycles. The molecule has 0 unspecified atom stereocenters. The van der Waals surface area contributed by atoms with Gasteiger partial charge in [-0.1, -0.05) is 30.9 Å². The summed E-state index contributed by atoms with van der Waals surface area (Å²) in [4.78, 5) is 35.2. The van der Waals surface area contributed by atoms with Gasteiger partial charge in [-0.2, -0.15) is 0 Å². The molecule has 0 aliphatic heterocycles. The predicted molar refractivity (Wildman–Crippen MR) is 98.3 cm³/mol. The summed E-state index contributed by atoms with van der Waals surface area (Å²) in [6, 6.07) is 3.12. The summed E-state index contributed by atoms with van der Waals surface area (Å²) in [5, 5.41) is 13.3. The average Bonchev–Trinajstić information content (AvgIpc) is 2.65. The van der Waals surface area contributed by atoms with Gasteiger partial charge in [-0.15, -0.1) is 0 Å². The van der Waals surface area contributed by atoms with Gasteiger partial charge in [0.2, 0.25) is 5.75 Å². The second kappa shape index (κ2) is 7.86. The summed E-state index contributed by atoms with van der Waals surface area (Å²) in [6.45, 7) is 1.94. The number of aromatic amines is 1. The first-order valence-electron chi connectivity index (χ1n) is 8.72. The molecule has 0 saturated heterocycles. The van der Waals surface area contributed by atoms with Crippen molar-refractivity contribution in [1.82, 2.24) is 20.3 Å². The molecule has 0 aromatic carbocycles. The number of nitrogens with one attached hydrogen (secondary N) is 2. The summed E-state index contributed by atoms with van der Waals surface area (Å²) in [5.41, 5.74) is -0.744. The maximum atomic E-state index is 12.6. The van der Waals surface area contributed by atoms with Crippen LogP contribution < -0.4 is 10.9 Å². The Hall–Kier alpha value is -2.41. The van der Waals surface area contributed by atoms with Crippen molar-refractivity contribution < 1.29 is 9.90 Å². The molecule has 0 bridgehead atoms. The fourth-order valence-corrected chi connectivity index (χ4v) is 3.40. The molecule has 2 aromatic rings. The van der Waals surface area contributed by atoms with Crippen LogP contribution in [-0.4, -0.2) is 32.0 Å². The maximum absolute atomic E-state index is 12.6. The molecule has 7 nitrogen and oxygen atoms in total. The molecule has 1 atom stereocenters. The number of hydrogen-bond acceptors (Lipinski definition) is 5. The average molecular weight is 377 g/mol. The molecule has 3 N–H and O–H groups in total. The lowest BCUT2D eigenvalue weighted by Gasteiger charge is -2.28. The van der Waals surface area contributed by atoms with Crippen LogP contribution in [-0.2, 0) is 0 Å². The monoisotopic (exact) mass is 376 g/mol. The number of aromatic nitrogens is 3. The standard InChI is InChI=1S/C18H21ClN4O3/c1-10(11-5-3-2-4-6-11)21-17(25)14-15(24)18(26)23-16(22-14)13-8-7-12(19)9-20-13/h7-11,24H,2-6H2,1H3,(H,21,25)(H,22,23,26)/t10-/m1/s1. The van der Waals surface area contributed by atoms with Gasteiger partial charge in [0.1, 0.15) is 5.69 Å². The van der Waals surface area contributed by atoms with Crippen molar-refractivity contribution in [3.05, 3.63) is 39.4 Å². The van der Waals surface area contributed by atoms with Crippen molar-refractivity contribution in [2.24, 2.45) is 5.92 Å². The van der Waals surface area contributed by atoms with Gasteiger partial charge >= 0.3 is 0 Å². The van der Waals surface area contributed by atoms with E-state index in [-0.39, 0.29) is 17.6 Å². The minimum Gasteiger partial charge on any atom is -0.501 e. The molecular weight excluding hydrogens is 356 g/mol. The third-order valence-corrected chi connectivity index (χ3v) is 5.02. The zero-order valence-corrected chi connectivity index (χ0v) is 15.2. The van der Waals surface area contributed by atoms with E-state index in [0.29, 0.717) is 16.6 Å². The highest BCUT2D eigenvalue weighted by Crippen LogP contribution is 2.26. The zero-order valence-electron chi connectivity index (χ0n) is 14.5. The minimum absolute atomic E-state index is 0.0552. The van der Waals surface area contributed by atoms with E-state index in [2.05, 4.69) is 20.3 Å². The highest BCUT2D eigenvalue weighted by molar-refractivity contribution is 6.30. The van der Waals surface area contributed by atoms with Gasteiger partial charge in [0.15, 0.2) is 11.5 Å². The van der Waals surface area contributed by atoms with Gasteiger partial charge < -0.3 is 15.4 Å². The van der Waals surface area contributed by atoms with Crippen LogP contribution in [0, 0.1) is 5.92 Å². The molecule has 0 radical (unpaired) electrons. The fourth-order valence-electron chi connectivity index (χ4n) is 3.29. The highest BCUT2D eigenvalue weighted by Gasteiger charge is 2.25. The summed E-state index contributed by atoms with van der Waals surface area (Å²) >= 11 is 5.81. The number of nitrogens with zero attached hydrogens (tertiary/aromatic N) is 2. The lowest BCUT2D eigenvalue weighted by Crippen LogP contribution is -2.39. The molecule has 8 heteroatoms. The Morgan fingerprint density at radius 1 is 1.35 bits per heavy atom. The number of halogens is 1. The Bertz CT molecular complexity index is 845. The summed E-state index contributed by atoms with van der Waals surface area (Å²) in [6.07, 6.45) is 7.09. The number of carbonyl (C=O) groups excluding carboxylic acids is 1. The quantitative estimate of drug-likeness (QED) is 0.760. The van der Waals surface area contributed by atoms with Crippen molar-refractivity contribution >= 4 is 17.5 Å². The Balaban J connectivity index is 1.85. The number of aromatic hydroxyl groups is 1. The van der Waals surface area contributed by atoms with Crippen molar-refractivity contribution in [1.29, 1.82) is 0 Å². The minimum atomic E-state index is -0.790. The Morgan fingerprint density at radius 2 is 2.08 bits per heavy atom. The van der Waals surface area contributed by atoms with Crippen molar-refractivity contribution in [2.45, 2.75) is 45.1 Å². The lowest BCUT2D eigenvalue weighted by atomic mass is 9.84. The van der Waals surface area contributed by atoms with Crippen LogP contribution in [0.2, 0.25) is 5.02 Å². The highest BCUT2D eigenvalue weighted by atomic mass is 35.5. The van der Waals surface area contributed by atoms with Crippen LogP contribution in [0.5, 0.6) is 5.75 Å². The van der Waals surface area contributed by atoms with E-state index in [9.17, 15) is 14.7 Å². The predicted octanol–water partition coefficient (Wildman–Crippen LogP) is 2.89. The first-order chi connectivity index (χ1) is 12.5. The first-order valence-corrected chi connectivity index (χ1v) is 9.09. The third kappa shape index (κ3) is 4.04. The molecule has 1 saturated carbocycles. The van der Waals surface area contributed by atoms with E-state index in [1.54, 1.807) is 12.1 Å². The van der Waals surface area contributed by atoms with Gasteiger partial charge in [-0.05, 0) is 37.8 Å². The Kier molecular flexibility index (Phi) is 5.56. The molecular formula is C18H21ClN4O3. The zero-order chi connectivity index (χ0) is 18.7. The summed E-state index contributed by atoms with van der Waals surface area (Å²) in [5.74, 6) is -0.771. The van der Waals surface area contributed by atoms with E-state index in [0.717, 1.165) is 25.7 Å². The first kappa shape index (κ1) is 18.4. The lowest BCUT2D eigenvalue weighted by molar-refractivity contribution is 0.0911. The summed E-state index contributed by atoms with van der Waals surface area (Å²) in [7, 11) is 0. The van der Waals surface area contributed by atoms with Crippen LogP contribution in [0.1, 0.15) is 49.5 Å². The van der Waals surface area contributed by atoms with Crippen molar-refractivity contribution in [3.8, 4) is 17.3 Å². The molecule has 3 rings (SSSR count). The largest absolute Gasteiger partial charge is 0.501 e. The number of hydrogen-bond donors (Lipinski definition) is 3. The van der Waals surface area contributed by atoms with E-state index in [4.69, 9.17) is 11.6 Å². The Labute approximate surface area is 155 Å². The summed E-state index contributed by atoms with van der Waals surface area (Å²) < 4.78 is 0. The van der Waals surface area contributed by atoms with Gasteiger partial charge in [0.25, 0.3) is 11.5 Å². The number of pyridine rings is 1. The van der Waals surface area contributed by atoms with Gasteiger partial charge in [0, 0.05) is 12.2 Å². The van der Waals surface area contributed by atoms with E-state index < -0.39 is 17.2 Å². The molecule has 0 spiro atoms. The number of rotatable bonds is 4. The van der Waals surface area contributed by atoms with Crippen LogP contribution in [0.25, 0.3) is 11.5 Å². The molecule has 1 aliphatic rings. The molecule has 1 fully saturated rings. The number of amides is 1. The van der Waals surface area contributed by atoms with Gasteiger partial charge in [-0.25, -0.2) is 4.98 Å². The Morgan fingerprint density at radius 3 is 2.73 bits per heavy atom. The van der Waals surface area contributed by atoms with Crippen LogP contribution in [0.3, 0.4) is 0 Å². The molecule has 1 amide bonds. The van der Waals surface area contributed by atoms with Crippen molar-refractivity contribution in [3.63, 3.8) is 0 Å². The van der Waals surface area contributed by atoms with E-state index in [1.807, 2.05) is 6.92 Å². The topological polar surface area (TPSA) is 108 Å². The molecule has 138 valence electrons. The number of H-pyrrole nitrogens is 1. The molecule has 26 heavy (non-hydrogen) atoms. The van der Waals surface area contributed by atoms with Gasteiger partial charge in [0.05, 0.1) is 5.02 Å². The second-order valence-corrected chi connectivity index (χ2v) is 7.07. The third-order valence-electron chi connectivity index (χ3n) is 4.80. The molecule has 1 aliphatic carbocycles. The van der Waals surface area contributed by atoms with E-state index in [1.165, 1.54) is 12.6 Å². The van der Waals surface area contributed by atoms with Crippen LogP contribution in [0.4, 0.5) is 0 Å². The second-order valence-electron chi connectivity index (χ2n) is 6.63. The maximum Gasteiger partial charge on any atom is 0.294 e. The van der Waals surface area contributed by atoms with Gasteiger partial charge in [-0.3, -0.25) is 14.6 Å². The fraction of sp³-hybridized carbons (Fsp3) is 0.444.